The fourth-order valence-corrected chi connectivity index (χ4v) is 4.92. The van der Waals surface area contributed by atoms with E-state index in [1.54, 1.807) is 11.0 Å². The number of rotatable bonds is 5. The lowest BCUT2D eigenvalue weighted by molar-refractivity contribution is 0.0690. The van der Waals surface area contributed by atoms with Crippen molar-refractivity contribution in [1.29, 1.82) is 0 Å². The number of carboxylic acid groups (broad SMARTS) is 1. The molecule has 1 aromatic heterocycles. The second-order valence-corrected chi connectivity index (χ2v) is 8.49. The van der Waals surface area contributed by atoms with Gasteiger partial charge in [0.1, 0.15) is 5.69 Å². The van der Waals surface area contributed by atoms with E-state index in [1.165, 1.54) is 17.8 Å². The summed E-state index contributed by atoms with van der Waals surface area (Å²) in [5, 5.41) is 9.88. The number of carbonyl (C=O) groups excluding carboxylic acids is 1. The summed E-state index contributed by atoms with van der Waals surface area (Å²) in [6, 6.07) is 11.1. The number of hydrogen-bond acceptors (Lipinski definition) is 4. The first-order valence-electron chi connectivity index (χ1n) is 10.2. The van der Waals surface area contributed by atoms with Crippen molar-refractivity contribution in [3.05, 3.63) is 58.9 Å². The van der Waals surface area contributed by atoms with E-state index in [0.717, 1.165) is 25.7 Å². The number of nitrogens with two attached hydrogens (primary N) is 1. The van der Waals surface area contributed by atoms with Gasteiger partial charge in [-0.05, 0) is 55.5 Å². The molecule has 2 amide bonds. The number of pyridine rings is 1. The maximum atomic E-state index is 13.1. The van der Waals surface area contributed by atoms with Crippen molar-refractivity contribution in [2.45, 2.75) is 37.1 Å². The highest BCUT2D eigenvalue weighted by molar-refractivity contribution is 6.30. The average molecular weight is 465 g/mol. The highest BCUT2D eigenvalue weighted by Crippen LogP contribution is 2.41. The van der Waals surface area contributed by atoms with E-state index in [-0.39, 0.29) is 35.6 Å². The van der Waals surface area contributed by atoms with Gasteiger partial charge in [0.05, 0.1) is 0 Å². The van der Waals surface area contributed by atoms with E-state index in [1.807, 2.05) is 23.1 Å². The van der Waals surface area contributed by atoms with Crippen LogP contribution in [0.1, 0.15) is 41.7 Å². The van der Waals surface area contributed by atoms with Gasteiger partial charge >= 0.3 is 12.0 Å². The Bertz CT molecular complexity index is 963. The molecule has 0 radical (unpaired) electrons. The number of halogens is 2. The maximum Gasteiger partial charge on any atom is 0.354 e. The number of hydrogen-bond donors (Lipinski definition) is 2. The quantitative estimate of drug-likeness (QED) is 0.697. The molecule has 1 aliphatic heterocycles. The van der Waals surface area contributed by atoms with Gasteiger partial charge in [-0.2, -0.15) is 0 Å². The van der Waals surface area contributed by atoms with Crippen molar-refractivity contribution in [2.24, 2.45) is 5.73 Å². The monoisotopic (exact) mass is 464 g/mol. The van der Waals surface area contributed by atoms with E-state index in [0.29, 0.717) is 30.3 Å². The van der Waals surface area contributed by atoms with Gasteiger partial charge in [-0.3, -0.25) is 4.90 Å². The van der Waals surface area contributed by atoms with Gasteiger partial charge in [-0.1, -0.05) is 23.7 Å². The normalized spacial score (nSPS) is 23.5. The maximum absolute atomic E-state index is 13.1. The molecule has 0 atom stereocenters. The van der Waals surface area contributed by atoms with Gasteiger partial charge in [0, 0.05) is 48.0 Å². The summed E-state index contributed by atoms with van der Waals surface area (Å²) >= 11 is 6.20. The van der Waals surface area contributed by atoms with E-state index in [2.05, 4.69) is 11.1 Å². The molecular formula is C22H26Cl2N4O3. The van der Waals surface area contributed by atoms with Gasteiger partial charge in [0.2, 0.25) is 0 Å². The van der Waals surface area contributed by atoms with Crippen molar-refractivity contribution in [2.75, 3.05) is 24.5 Å². The number of carboxylic acids is 1. The predicted molar refractivity (Wildman–Crippen MR) is 122 cm³/mol. The summed E-state index contributed by atoms with van der Waals surface area (Å²) in [5.41, 5.74) is 7.77. The summed E-state index contributed by atoms with van der Waals surface area (Å²) in [6.45, 7) is 1.71. The number of carbonyl (C=O) groups is 2. The molecule has 3 N–H and O–H groups in total. The van der Waals surface area contributed by atoms with Crippen LogP contribution in [0.2, 0.25) is 5.02 Å². The first-order valence-corrected chi connectivity index (χ1v) is 10.5. The zero-order valence-corrected chi connectivity index (χ0v) is 18.6. The Morgan fingerprint density at radius 1 is 1.23 bits per heavy atom. The second-order valence-electron chi connectivity index (χ2n) is 8.06. The number of benzene rings is 1. The average Bonchev–Trinajstić information content (AvgIpc) is 3.15. The SMILES string of the molecule is Cl.NC[C@]1(c2cccc(Cl)c2)CC[C@@H](N2CCN(c3ccnc(C(=O)O)c3)C2=O)CC1. The Hall–Kier alpha value is -2.35. The summed E-state index contributed by atoms with van der Waals surface area (Å²) in [6.07, 6.45) is 4.98. The van der Waals surface area contributed by atoms with E-state index < -0.39 is 5.97 Å². The molecule has 1 saturated carbocycles. The molecule has 31 heavy (non-hydrogen) atoms. The highest BCUT2D eigenvalue weighted by atomic mass is 35.5. The minimum Gasteiger partial charge on any atom is -0.477 e. The third-order valence-electron chi connectivity index (χ3n) is 6.50. The lowest BCUT2D eigenvalue weighted by Gasteiger charge is -2.42. The Kier molecular flexibility index (Phi) is 7.09. The molecule has 7 nitrogen and oxygen atoms in total. The molecule has 2 heterocycles. The van der Waals surface area contributed by atoms with Crippen molar-refractivity contribution < 1.29 is 14.7 Å². The third kappa shape index (κ3) is 4.49. The summed E-state index contributed by atoms with van der Waals surface area (Å²) in [4.78, 5) is 31.7. The molecule has 166 valence electrons. The van der Waals surface area contributed by atoms with Crippen molar-refractivity contribution in [3.63, 3.8) is 0 Å². The van der Waals surface area contributed by atoms with Gasteiger partial charge in [0.25, 0.3) is 0 Å². The molecule has 1 aromatic carbocycles. The molecule has 2 aliphatic rings. The molecule has 0 bridgehead atoms. The van der Waals surface area contributed by atoms with Gasteiger partial charge in [-0.25, -0.2) is 14.6 Å². The Labute approximate surface area is 192 Å². The van der Waals surface area contributed by atoms with Crippen LogP contribution >= 0.6 is 24.0 Å². The molecule has 0 unspecified atom stereocenters. The minimum atomic E-state index is -1.10. The Morgan fingerprint density at radius 3 is 2.61 bits per heavy atom. The van der Waals surface area contributed by atoms with Crippen LogP contribution in [0.3, 0.4) is 0 Å². The molecule has 0 spiro atoms. The fraction of sp³-hybridized carbons (Fsp3) is 0.409. The zero-order chi connectivity index (χ0) is 21.3. The standard InChI is InChI=1S/C22H25ClN4O3.ClH/c23-16-3-1-2-15(12-16)22(14-24)7-4-17(5-8-22)26-10-11-27(21(26)30)18-6-9-25-19(13-18)20(28)29;/h1-3,6,9,12-13,17H,4-5,7-8,10-11,14,24H2,(H,28,29);1H/t17-,22+;. The molecule has 4 rings (SSSR count). The molecule has 2 fully saturated rings. The fourth-order valence-electron chi connectivity index (χ4n) is 4.73. The van der Waals surface area contributed by atoms with Gasteiger partial charge in [-0.15, -0.1) is 12.4 Å². The number of amides is 2. The van der Waals surface area contributed by atoms with Crippen LogP contribution in [0, 0.1) is 0 Å². The highest BCUT2D eigenvalue weighted by Gasteiger charge is 2.41. The van der Waals surface area contributed by atoms with Gasteiger partial charge in [0.15, 0.2) is 0 Å². The minimum absolute atomic E-state index is 0. The third-order valence-corrected chi connectivity index (χ3v) is 6.73. The van der Waals surface area contributed by atoms with Crippen molar-refractivity contribution >= 4 is 41.7 Å². The number of aromatic nitrogens is 1. The number of urea groups is 1. The largest absolute Gasteiger partial charge is 0.477 e. The lowest BCUT2D eigenvalue weighted by Crippen LogP contribution is -2.46. The van der Waals surface area contributed by atoms with E-state index >= 15 is 0 Å². The predicted octanol–water partition coefficient (Wildman–Crippen LogP) is 3.94. The van der Waals surface area contributed by atoms with Crippen LogP contribution in [0.15, 0.2) is 42.6 Å². The number of nitrogens with zero attached hydrogens (tertiary/aromatic N) is 3. The second kappa shape index (κ2) is 9.42. The van der Waals surface area contributed by atoms with E-state index in [9.17, 15) is 9.59 Å². The van der Waals surface area contributed by atoms with E-state index in [4.69, 9.17) is 22.4 Å². The first kappa shape index (κ1) is 23.3. The smallest absolute Gasteiger partial charge is 0.354 e. The zero-order valence-electron chi connectivity index (χ0n) is 17.0. The lowest BCUT2D eigenvalue weighted by atomic mass is 9.68. The Morgan fingerprint density at radius 2 is 1.97 bits per heavy atom. The van der Waals surface area contributed by atoms with Crippen LogP contribution in [0.4, 0.5) is 10.5 Å². The first-order chi connectivity index (χ1) is 14.4. The summed E-state index contributed by atoms with van der Waals surface area (Å²) in [7, 11) is 0. The van der Waals surface area contributed by atoms with Gasteiger partial charge < -0.3 is 15.7 Å². The summed E-state index contributed by atoms with van der Waals surface area (Å²) in [5.74, 6) is -1.10. The van der Waals surface area contributed by atoms with Crippen molar-refractivity contribution in [3.8, 4) is 0 Å². The molecule has 2 aromatic rings. The van der Waals surface area contributed by atoms with Crippen LogP contribution in [0.5, 0.6) is 0 Å². The van der Waals surface area contributed by atoms with Crippen LogP contribution in [0.25, 0.3) is 0 Å². The number of anilines is 1. The molecule has 1 aliphatic carbocycles. The number of aromatic carboxylic acids is 1. The van der Waals surface area contributed by atoms with Crippen LogP contribution < -0.4 is 10.6 Å². The van der Waals surface area contributed by atoms with Crippen LogP contribution in [-0.2, 0) is 5.41 Å². The summed E-state index contributed by atoms with van der Waals surface area (Å²) < 4.78 is 0. The van der Waals surface area contributed by atoms with Crippen LogP contribution in [-0.4, -0.2) is 52.7 Å². The Balaban J connectivity index is 0.00000272. The molecule has 1 saturated heterocycles. The topological polar surface area (TPSA) is 99.8 Å². The molecule has 9 heteroatoms. The van der Waals surface area contributed by atoms with Crippen molar-refractivity contribution in [1.82, 2.24) is 9.88 Å². The molecular weight excluding hydrogens is 439 g/mol.